The number of thiocarbonyl (C=S) groups is 1. The molecule has 1 aromatic heterocycles. The topological polar surface area (TPSA) is 57.6 Å². The van der Waals surface area contributed by atoms with Crippen LogP contribution in [0.2, 0.25) is 0 Å². The van der Waals surface area contributed by atoms with Gasteiger partial charge in [-0.05, 0) is 51.0 Å². The molecule has 2 amide bonds. The second-order valence-electron chi connectivity index (χ2n) is 6.98. The number of hydrogen-bond acceptors (Lipinski definition) is 3. The van der Waals surface area contributed by atoms with Gasteiger partial charge in [-0.25, -0.2) is 0 Å². The molecule has 3 rings (SSSR count). The third kappa shape index (κ3) is 3.92. The number of likely N-dealkylation sites (N-methyl/N-ethyl adjacent to an activating group) is 2. The second-order valence-corrected chi connectivity index (χ2v) is 7.37. The molecule has 29 heavy (non-hydrogen) atoms. The molecule has 1 fully saturated rings. The highest BCUT2D eigenvalue weighted by molar-refractivity contribution is 7.80. The van der Waals surface area contributed by atoms with Crippen molar-refractivity contribution in [3.63, 3.8) is 0 Å². The minimum atomic E-state index is -0.121. The van der Waals surface area contributed by atoms with Gasteiger partial charge in [-0.1, -0.05) is 25.1 Å². The van der Waals surface area contributed by atoms with Crippen LogP contribution < -0.4 is 5.32 Å². The van der Waals surface area contributed by atoms with E-state index in [4.69, 9.17) is 12.2 Å². The van der Waals surface area contributed by atoms with Crippen molar-refractivity contribution in [1.82, 2.24) is 19.7 Å². The molecule has 1 aromatic carbocycles. The smallest absolute Gasteiger partial charge is 0.276 e. The van der Waals surface area contributed by atoms with Gasteiger partial charge in [-0.15, -0.1) is 0 Å². The average molecular weight is 413 g/mol. The lowest BCUT2D eigenvalue weighted by Gasteiger charge is -2.19. The maximum absolute atomic E-state index is 12.7. The number of nitrogens with zero attached hydrogens (tertiary/aromatic N) is 3. The lowest BCUT2D eigenvalue weighted by Crippen LogP contribution is -2.33. The molecular weight excluding hydrogens is 384 g/mol. The fraction of sp³-hybridized carbons (Fsp3) is 0.409. The van der Waals surface area contributed by atoms with Crippen molar-refractivity contribution < 1.29 is 9.59 Å². The first kappa shape index (κ1) is 21.0. The number of aryl methyl sites for hydroxylation is 1. The molecule has 0 spiro atoms. The van der Waals surface area contributed by atoms with Crippen LogP contribution in [0, 0.1) is 0 Å². The first-order valence-electron chi connectivity index (χ1n) is 10.2. The Labute approximate surface area is 177 Å². The van der Waals surface area contributed by atoms with Gasteiger partial charge in [0.05, 0.1) is 5.52 Å². The predicted molar refractivity (Wildman–Crippen MR) is 120 cm³/mol. The van der Waals surface area contributed by atoms with Gasteiger partial charge in [0, 0.05) is 36.8 Å². The van der Waals surface area contributed by atoms with E-state index in [0.717, 1.165) is 22.9 Å². The zero-order valence-electron chi connectivity index (χ0n) is 17.5. The summed E-state index contributed by atoms with van der Waals surface area (Å²) in [7, 11) is 0. The minimum absolute atomic E-state index is 0.0883. The molecule has 1 N–H and O–H groups in total. The van der Waals surface area contributed by atoms with Crippen LogP contribution in [0.3, 0.4) is 0 Å². The second kappa shape index (κ2) is 8.78. The van der Waals surface area contributed by atoms with Crippen molar-refractivity contribution >= 4 is 46.1 Å². The number of hydrogen-bond donors (Lipinski definition) is 1. The average Bonchev–Trinajstić information content (AvgIpc) is 3.19. The molecule has 1 aliphatic rings. The van der Waals surface area contributed by atoms with Gasteiger partial charge >= 0.3 is 0 Å². The monoisotopic (exact) mass is 412 g/mol. The number of aromatic nitrogens is 1. The molecule has 0 saturated carbocycles. The van der Waals surface area contributed by atoms with Crippen molar-refractivity contribution in [3.05, 3.63) is 41.2 Å². The molecule has 6 nitrogen and oxygen atoms in total. The standard InChI is InChI=1S/C22H28N4O2S/c1-5-15-10-9-11-17-16(12-18-21(28)26(8-4)22(29)23-18)13-25(20(15)17)14-19(27)24(6-2)7-3/h9-13H,5-8,14H2,1-4H3,(H,23,29)/b18-12-. The van der Waals surface area contributed by atoms with E-state index in [9.17, 15) is 9.59 Å². The molecule has 154 valence electrons. The van der Waals surface area contributed by atoms with Gasteiger partial charge in [-0.2, -0.15) is 0 Å². The number of carbonyl (C=O) groups is 2. The first-order chi connectivity index (χ1) is 13.9. The SMILES string of the molecule is CCc1cccc2c(/C=C3\NC(=S)N(CC)C3=O)cn(CC(=O)N(CC)CC)c12. The van der Waals surface area contributed by atoms with E-state index < -0.39 is 0 Å². The van der Waals surface area contributed by atoms with Gasteiger partial charge in [-0.3, -0.25) is 14.5 Å². The highest BCUT2D eigenvalue weighted by atomic mass is 32.1. The van der Waals surface area contributed by atoms with Crippen LogP contribution in [0.4, 0.5) is 0 Å². The van der Waals surface area contributed by atoms with Crippen molar-refractivity contribution in [2.24, 2.45) is 0 Å². The number of para-hydroxylation sites is 1. The third-order valence-electron chi connectivity index (χ3n) is 5.39. The van der Waals surface area contributed by atoms with Crippen LogP contribution in [0.25, 0.3) is 17.0 Å². The summed E-state index contributed by atoms with van der Waals surface area (Å²) < 4.78 is 2.01. The number of nitrogens with one attached hydrogen (secondary N) is 1. The minimum Gasteiger partial charge on any atom is -0.342 e. The van der Waals surface area contributed by atoms with Crippen molar-refractivity contribution in [2.75, 3.05) is 19.6 Å². The molecule has 0 unspecified atom stereocenters. The molecule has 7 heteroatoms. The van der Waals surface area contributed by atoms with Gasteiger partial charge in [0.15, 0.2) is 5.11 Å². The Kier molecular flexibility index (Phi) is 6.37. The molecule has 0 bridgehead atoms. The Bertz CT molecular complexity index is 988. The van der Waals surface area contributed by atoms with Crippen molar-refractivity contribution in [3.8, 4) is 0 Å². The van der Waals surface area contributed by atoms with Crippen molar-refractivity contribution in [1.29, 1.82) is 0 Å². The Hall–Kier alpha value is -2.67. The summed E-state index contributed by atoms with van der Waals surface area (Å²) in [6.07, 6.45) is 4.66. The number of fused-ring (bicyclic) bond motifs is 1. The maximum Gasteiger partial charge on any atom is 0.276 e. The summed E-state index contributed by atoms with van der Waals surface area (Å²) >= 11 is 5.26. The van der Waals surface area contributed by atoms with E-state index in [0.29, 0.717) is 30.4 Å². The molecule has 0 atom stereocenters. The molecule has 1 aliphatic heterocycles. The number of benzene rings is 1. The van der Waals surface area contributed by atoms with E-state index in [1.54, 1.807) is 4.90 Å². The Morgan fingerprint density at radius 2 is 1.93 bits per heavy atom. The molecule has 2 aromatic rings. The van der Waals surface area contributed by atoms with Gasteiger partial charge in [0.25, 0.3) is 5.91 Å². The summed E-state index contributed by atoms with van der Waals surface area (Å²) in [5.74, 6) is -0.0327. The van der Waals surface area contributed by atoms with E-state index in [1.165, 1.54) is 5.56 Å². The summed E-state index contributed by atoms with van der Waals surface area (Å²) in [6, 6.07) is 6.14. The fourth-order valence-corrected chi connectivity index (χ4v) is 4.15. The Morgan fingerprint density at radius 3 is 2.52 bits per heavy atom. The predicted octanol–water partition coefficient (Wildman–Crippen LogP) is 3.15. The summed E-state index contributed by atoms with van der Waals surface area (Å²) in [5.41, 5.74) is 3.59. The van der Waals surface area contributed by atoms with Crippen LogP contribution in [0.15, 0.2) is 30.1 Å². The van der Waals surface area contributed by atoms with Crippen LogP contribution in [-0.2, 0) is 22.6 Å². The van der Waals surface area contributed by atoms with E-state index in [1.807, 2.05) is 54.6 Å². The molecule has 0 radical (unpaired) electrons. The van der Waals surface area contributed by atoms with Crippen LogP contribution in [-0.4, -0.2) is 50.9 Å². The maximum atomic E-state index is 12.7. The molecule has 2 heterocycles. The first-order valence-corrected chi connectivity index (χ1v) is 10.6. The third-order valence-corrected chi connectivity index (χ3v) is 5.72. The fourth-order valence-electron chi connectivity index (χ4n) is 3.83. The molecular formula is C22H28N4O2S. The normalized spacial score (nSPS) is 15.4. The van der Waals surface area contributed by atoms with Crippen LogP contribution in [0.5, 0.6) is 0 Å². The number of amides is 2. The van der Waals surface area contributed by atoms with Gasteiger partial charge < -0.3 is 14.8 Å². The van der Waals surface area contributed by atoms with E-state index in [-0.39, 0.29) is 18.4 Å². The quantitative estimate of drug-likeness (QED) is 0.561. The summed E-state index contributed by atoms with van der Waals surface area (Å²) in [6.45, 7) is 10.2. The Balaban J connectivity index is 2.08. The highest BCUT2D eigenvalue weighted by Gasteiger charge is 2.29. The number of rotatable bonds is 7. The zero-order chi connectivity index (χ0) is 21.1. The highest BCUT2D eigenvalue weighted by Crippen LogP contribution is 2.28. The van der Waals surface area contributed by atoms with E-state index >= 15 is 0 Å². The Morgan fingerprint density at radius 1 is 1.21 bits per heavy atom. The van der Waals surface area contributed by atoms with Gasteiger partial charge in [0.1, 0.15) is 12.2 Å². The molecule has 1 saturated heterocycles. The largest absolute Gasteiger partial charge is 0.342 e. The summed E-state index contributed by atoms with van der Waals surface area (Å²) in [4.78, 5) is 28.7. The lowest BCUT2D eigenvalue weighted by atomic mass is 10.1. The molecule has 0 aliphatic carbocycles. The summed E-state index contributed by atoms with van der Waals surface area (Å²) in [5, 5.41) is 4.47. The lowest BCUT2D eigenvalue weighted by molar-refractivity contribution is -0.131. The van der Waals surface area contributed by atoms with Crippen LogP contribution in [0.1, 0.15) is 38.8 Å². The van der Waals surface area contributed by atoms with Crippen molar-refractivity contribution in [2.45, 2.75) is 40.7 Å². The van der Waals surface area contributed by atoms with Gasteiger partial charge in [0.2, 0.25) is 5.91 Å². The zero-order valence-corrected chi connectivity index (χ0v) is 18.3. The van der Waals surface area contributed by atoms with E-state index in [2.05, 4.69) is 18.3 Å². The van der Waals surface area contributed by atoms with Crippen LogP contribution >= 0.6 is 12.2 Å². The number of carbonyl (C=O) groups excluding carboxylic acids is 2.